The van der Waals surface area contributed by atoms with Gasteiger partial charge in [0.15, 0.2) is 11.6 Å². The highest BCUT2D eigenvalue weighted by Crippen LogP contribution is 2.18. The molecule has 0 aliphatic heterocycles. The standard InChI is InChI=1S/C14H22FNO2/c1-3-16-11-12-6-7-14(13(15)10-12)18-9-5-4-8-17-2/h6-7,10,16H,3-5,8-9,11H2,1-2H3. The van der Waals surface area contributed by atoms with Crippen molar-refractivity contribution in [1.29, 1.82) is 0 Å². The van der Waals surface area contributed by atoms with Gasteiger partial charge in [0.05, 0.1) is 6.61 Å². The van der Waals surface area contributed by atoms with Crippen LogP contribution in [-0.4, -0.2) is 26.9 Å². The summed E-state index contributed by atoms with van der Waals surface area (Å²) in [5, 5.41) is 3.16. The summed E-state index contributed by atoms with van der Waals surface area (Å²) < 4.78 is 24.0. The number of benzene rings is 1. The van der Waals surface area contributed by atoms with Crippen LogP contribution in [0.1, 0.15) is 25.3 Å². The molecule has 0 bridgehead atoms. The molecule has 0 amide bonds. The lowest BCUT2D eigenvalue weighted by molar-refractivity contribution is 0.183. The van der Waals surface area contributed by atoms with Crippen molar-refractivity contribution in [2.24, 2.45) is 0 Å². The van der Waals surface area contributed by atoms with Crippen molar-refractivity contribution in [2.75, 3.05) is 26.9 Å². The van der Waals surface area contributed by atoms with Crippen molar-refractivity contribution in [3.63, 3.8) is 0 Å². The van der Waals surface area contributed by atoms with Crippen LogP contribution in [0.2, 0.25) is 0 Å². The first-order valence-electron chi connectivity index (χ1n) is 6.38. The zero-order valence-corrected chi connectivity index (χ0v) is 11.2. The van der Waals surface area contributed by atoms with Crippen LogP contribution in [0.5, 0.6) is 5.75 Å². The Morgan fingerprint density at radius 1 is 1.22 bits per heavy atom. The molecule has 0 aromatic heterocycles. The maximum absolute atomic E-state index is 13.7. The second-order valence-corrected chi connectivity index (χ2v) is 4.09. The highest BCUT2D eigenvalue weighted by atomic mass is 19.1. The molecule has 0 saturated carbocycles. The molecule has 1 N–H and O–H groups in total. The van der Waals surface area contributed by atoms with Gasteiger partial charge < -0.3 is 14.8 Å². The van der Waals surface area contributed by atoms with E-state index in [-0.39, 0.29) is 5.82 Å². The first-order chi connectivity index (χ1) is 8.77. The number of nitrogens with one attached hydrogen (secondary N) is 1. The molecule has 0 radical (unpaired) electrons. The van der Waals surface area contributed by atoms with Gasteiger partial charge in [0.2, 0.25) is 0 Å². The third-order valence-corrected chi connectivity index (χ3v) is 2.58. The minimum absolute atomic E-state index is 0.294. The summed E-state index contributed by atoms with van der Waals surface area (Å²) in [5.41, 5.74) is 0.932. The second kappa shape index (κ2) is 8.89. The Kier molecular flexibility index (Phi) is 7.37. The number of halogens is 1. The zero-order valence-electron chi connectivity index (χ0n) is 11.2. The van der Waals surface area contributed by atoms with Gasteiger partial charge in [0, 0.05) is 20.3 Å². The average Bonchev–Trinajstić information content (AvgIpc) is 2.38. The summed E-state index contributed by atoms with van der Waals surface area (Å²) in [6, 6.07) is 5.10. The number of hydrogen-bond donors (Lipinski definition) is 1. The summed E-state index contributed by atoms with van der Waals surface area (Å²) in [7, 11) is 1.67. The van der Waals surface area contributed by atoms with E-state index in [2.05, 4.69) is 5.32 Å². The van der Waals surface area contributed by atoms with Crippen LogP contribution in [0.15, 0.2) is 18.2 Å². The van der Waals surface area contributed by atoms with Crippen LogP contribution in [-0.2, 0) is 11.3 Å². The topological polar surface area (TPSA) is 30.5 Å². The van der Waals surface area contributed by atoms with Crippen LogP contribution in [0.4, 0.5) is 4.39 Å². The predicted octanol–water partition coefficient (Wildman–Crippen LogP) is 2.74. The zero-order chi connectivity index (χ0) is 13.2. The highest BCUT2D eigenvalue weighted by molar-refractivity contribution is 5.29. The lowest BCUT2D eigenvalue weighted by Crippen LogP contribution is -2.12. The van der Waals surface area contributed by atoms with Crippen LogP contribution in [0.25, 0.3) is 0 Å². The maximum Gasteiger partial charge on any atom is 0.165 e. The van der Waals surface area contributed by atoms with Gasteiger partial charge in [-0.2, -0.15) is 0 Å². The minimum atomic E-state index is -0.294. The van der Waals surface area contributed by atoms with E-state index in [0.29, 0.717) is 25.5 Å². The van der Waals surface area contributed by atoms with E-state index in [0.717, 1.165) is 24.9 Å². The summed E-state index contributed by atoms with van der Waals surface area (Å²) in [6.07, 6.45) is 1.79. The van der Waals surface area contributed by atoms with Gasteiger partial charge in [0.1, 0.15) is 0 Å². The van der Waals surface area contributed by atoms with Crippen molar-refractivity contribution >= 4 is 0 Å². The summed E-state index contributed by atoms with van der Waals surface area (Å²) in [5.74, 6) is 0.0322. The quantitative estimate of drug-likeness (QED) is 0.688. The molecule has 0 aliphatic carbocycles. The van der Waals surface area contributed by atoms with E-state index in [9.17, 15) is 4.39 Å². The highest BCUT2D eigenvalue weighted by Gasteiger charge is 2.04. The van der Waals surface area contributed by atoms with Crippen LogP contribution in [0.3, 0.4) is 0 Å². The normalized spacial score (nSPS) is 10.6. The maximum atomic E-state index is 13.7. The number of unbranched alkanes of at least 4 members (excludes halogenated alkanes) is 1. The molecule has 1 aromatic rings. The molecule has 0 spiro atoms. The first kappa shape index (κ1) is 14.9. The third kappa shape index (κ3) is 5.47. The molecule has 4 heteroatoms. The third-order valence-electron chi connectivity index (χ3n) is 2.58. The van der Waals surface area contributed by atoms with E-state index in [4.69, 9.17) is 9.47 Å². The van der Waals surface area contributed by atoms with Crippen molar-refractivity contribution in [3.05, 3.63) is 29.6 Å². The smallest absolute Gasteiger partial charge is 0.165 e. The Balaban J connectivity index is 2.37. The summed E-state index contributed by atoms with van der Waals surface area (Å²) >= 11 is 0. The van der Waals surface area contributed by atoms with E-state index < -0.39 is 0 Å². The molecular weight excluding hydrogens is 233 g/mol. The molecule has 0 atom stereocenters. The summed E-state index contributed by atoms with van der Waals surface area (Å²) in [6.45, 7) is 4.81. The number of hydrogen-bond acceptors (Lipinski definition) is 3. The first-order valence-corrected chi connectivity index (χ1v) is 6.38. The van der Waals surface area contributed by atoms with Gasteiger partial charge >= 0.3 is 0 Å². The van der Waals surface area contributed by atoms with Crippen LogP contribution < -0.4 is 10.1 Å². The molecule has 3 nitrogen and oxygen atoms in total. The van der Waals surface area contributed by atoms with Gasteiger partial charge in [-0.1, -0.05) is 13.0 Å². The second-order valence-electron chi connectivity index (χ2n) is 4.09. The molecule has 0 unspecified atom stereocenters. The average molecular weight is 255 g/mol. The number of methoxy groups -OCH3 is 1. The molecule has 0 aliphatic rings. The molecule has 102 valence electrons. The largest absolute Gasteiger partial charge is 0.491 e. The minimum Gasteiger partial charge on any atom is -0.491 e. The van der Waals surface area contributed by atoms with Crippen LogP contribution >= 0.6 is 0 Å². The van der Waals surface area contributed by atoms with Crippen molar-refractivity contribution in [1.82, 2.24) is 5.32 Å². The Bertz CT molecular complexity index is 345. The Hall–Kier alpha value is -1.13. The SMILES string of the molecule is CCNCc1ccc(OCCCCOC)c(F)c1. The fourth-order valence-electron chi connectivity index (χ4n) is 1.57. The van der Waals surface area contributed by atoms with Gasteiger partial charge in [-0.25, -0.2) is 4.39 Å². The fourth-order valence-corrected chi connectivity index (χ4v) is 1.57. The fraction of sp³-hybridized carbons (Fsp3) is 0.571. The van der Waals surface area contributed by atoms with E-state index >= 15 is 0 Å². The van der Waals surface area contributed by atoms with Gasteiger partial charge in [-0.3, -0.25) is 0 Å². The molecular formula is C14H22FNO2. The lowest BCUT2D eigenvalue weighted by Gasteiger charge is -2.09. The Morgan fingerprint density at radius 2 is 2.00 bits per heavy atom. The van der Waals surface area contributed by atoms with Gasteiger partial charge in [-0.15, -0.1) is 0 Å². The van der Waals surface area contributed by atoms with Gasteiger partial charge in [0.25, 0.3) is 0 Å². The Labute approximate surface area is 108 Å². The number of ether oxygens (including phenoxy) is 2. The van der Waals surface area contributed by atoms with E-state index in [1.54, 1.807) is 13.2 Å². The molecule has 1 rings (SSSR count). The predicted molar refractivity (Wildman–Crippen MR) is 70.4 cm³/mol. The van der Waals surface area contributed by atoms with Crippen molar-refractivity contribution < 1.29 is 13.9 Å². The number of rotatable bonds is 9. The van der Waals surface area contributed by atoms with Gasteiger partial charge in [-0.05, 0) is 37.1 Å². The monoisotopic (exact) mass is 255 g/mol. The van der Waals surface area contributed by atoms with E-state index in [1.165, 1.54) is 6.07 Å². The Morgan fingerprint density at radius 3 is 2.67 bits per heavy atom. The van der Waals surface area contributed by atoms with E-state index in [1.807, 2.05) is 13.0 Å². The molecule has 18 heavy (non-hydrogen) atoms. The lowest BCUT2D eigenvalue weighted by atomic mass is 10.2. The molecule has 0 fully saturated rings. The molecule has 0 saturated heterocycles. The molecule has 0 heterocycles. The van der Waals surface area contributed by atoms with Crippen LogP contribution in [0, 0.1) is 5.82 Å². The van der Waals surface area contributed by atoms with Crippen molar-refractivity contribution in [3.8, 4) is 5.75 Å². The molecule has 1 aromatic carbocycles. The summed E-state index contributed by atoms with van der Waals surface area (Å²) in [4.78, 5) is 0. The van der Waals surface area contributed by atoms with Crippen molar-refractivity contribution in [2.45, 2.75) is 26.3 Å².